The number of carbonyl (C=O) groups is 1. The summed E-state index contributed by atoms with van der Waals surface area (Å²) >= 11 is 0. The largest absolute Gasteiger partial charge is 0.418 e. The summed E-state index contributed by atoms with van der Waals surface area (Å²) in [5.74, 6) is 0.319. The Labute approximate surface area is 167 Å². The van der Waals surface area contributed by atoms with E-state index < -0.39 is 23.4 Å². The molecule has 2 unspecified atom stereocenters. The minimum atomic E-state index is -4.53. The number of nitrogens with one attached hydrogen (secondary N) is 1. The predicted molar refractivity (Wildman–Crippen MR) is 103 cm³/mol. The van der Waals surface area contributed by atoms with E-state index in [1.807, 2.05) is 30.3 Å². The van der Waals surface area contributed by atoms with Gasteiger partial charge in [-0.15, -0.1) is 0 Å². The van der Waals surface area contributed by atoms with E-state index in [0.29, 0.717) is 32.4 Å². The molecule has 2 aliphatic rings. The molecule has 1 heterocycles. The summed E-state index contributed by atoms with van der Waals surface area (Å²) in [5, 5.41) is 13.4. The summed E-state index contributed by atoms with van der Waals surface area (Å²) in [4.78, 5) is 14.1. The molecule has 1 aliphatic carbocycles. The summed E-state index contributed by atoms with van der Waals surface area (Å²) in [5.41, 5.74) is -0.803. The number of para-hydroxylation sites is 1. The SMILES string of the molecule is O=C(Nc1ccccc1C(F)(F)F)N1CC2CC(O)(Cc3ccccc3)CC2C1. The highest BCUT2D eigenvalue weighted by molar-refractivity contribution is 5.90. The Balaban J connectivity index is 1.38. The maximum Gasteiger partial charge on any atom is 0.418 e. The van der Waals surface area contributed by atoms with Crippen LogP contribution in [-0.2, 0) is 12.6 Å². The van der Waals surface area contributed by atoms with Gasteiger partial charge in [0, 0.05) is 19.5 Å². The normalized spacial score (nSPS) is 26.4. The van der Waals surface area contributed by atoms with E-state index in [2.05, 4.69) is 5.32 Å². The summed E-state index contributed by atoms with van der Waals surface area (Å²) in [6.45, 7) is 0.892. The Morgan fingerprint density at radius 2 is 1.62 bits per heavy atom. The van der Waals surface area contributed by atoms with Gasteiger partial charge >= 0.3 is 12.2 Å². The zero-order valence-corrected chi connectivity index (χ0v) is 15.8. The highest BCUT2D eigenvalue weighted by Crippen LogP contribution is 2.45. The van der Waals surface area contributed by atoms with Crippen molar-refractivity contribution in [2.45, 2.75) is 31.0 Å². The minimum absolute atomic E-state index is 0.160. The lowest BCUT2D eigenvalue weighted by atomic mass is 9.91. The van der Waals surface area contributed by atoms with Crippen LogP contribution >= 0.6 is 0 Å². The second kappa shape index (κ2) is 7.37. The van der Waals surface area contributed by atoms with Crippen LogP contribution in [0.3, 0.4) is 0 Å². The van der Waals surface area contributed by atoms with E-state index in [-0.39, 0.29) is 17.5 Å². The van der Waals surface area contributed by atoms with Gasteiger partial charge in [0.1, 0.15) is 0 Å². The molecule has 2 fully saturated rings. The average Bonchev–Trinajstić information content (AvgIpc) is 3.17. The van der Waals surface area contributed by atoms with Gasteiger partial charge in [-0.2, -0.15) is 13.2 Å². The van der Waals surface area contributed by atoms with Crippen molar-refractivity contribution < 1.29 is 23.1 Å². The molecule has 0 spiro atoms. The topological polar surface area (TPSA) is 52.6 Å². The number of nitrogens with zero attached hydrogens (tertiary/aromatic N) is 1. The maximum atomic E-state index is 13.1. The first-order valence-electron chi connectivity index (χ1n) is 9.72. The Kier molecular flexibility index (Phi) is 5.02. The fraction of sp³-hybridized carbons (Fsp3) is 0.409. The monoisotopic (exact) mass is 404 g/mol. The van der Waals surface area contributed by atoms with Crippen LogP contribution in [0.5, 0.6) is 0 Å². The lowest BCUT2D eigenvalue weighted by Gasteiger charge is -2.26. The van der Waals surface area contributed by atoms with Gasteiger partial charge in [-0.1, -0.05) is 42.5 Å². The maximum absolute atomic E-state index is 13.1. The van der Waals surface area contributed by atoms with Gasteiger partial charge in [0.05, 0.1) is 16.9 Å². The Bertz CT molecular complexity index is 871. The van der Waals surface area contributed by atoms with E-state index in [0.717, 1.165) is 11.6 Å². The third-order valence-electron chi connectivity index (χ3n) is 6.00. The first kappa shape index (κ1) is 19.8. The highest BCUT2D eigenvalue weighted by Gasteiger charge is 2.49. The smallest absolute Gasteiger partial charge is 0.390 e. The van der Waals surface area contributed by atoms with Crippen LogP contribution in [0.25, 0.3) is 0 Å². The molecular weight excluding hydrogens is 381 g/mol. The number of likely N-dealkylation sites (tertiary alicyclic amines) is 1. The van der Waals surface area contributed by atoms with Crippen LogP contribution in [0.2, 0.25) is 0 Å². The van der Waals surface area contributed by atoms with Crippen molar-refractivity contribution in [2.75, 3.05) is 18.4 Å². The molecule has 4 nitrogen and oxygen atoms in total. The van der Waals surface area contributed by atoms with Crippen molar-refractivity contribution in [3.8, 4) is 0 Å². The van der Waals surface area contributed by atoms with Gasteiger partial charge in [0.25, 0.3) is 0 Å². The zero-order valence-electron chi connectivity index (χ0n) is 15.8. The number of urea groups is 1. The predicted octanol–water partition coefficient (Wildman–Crippen LogP) is 4.55. The van der Waals surface area contributed by atoms with E-state index in [4.69, 9.17) is 0 Å². The van der Waals surface area contributed by atoms with Gasteiger partial charge in [-0.25, -0.2) is 4.79 Å². The molecule has 154 valence electrons. The Morgan fingerprint density at radius 1 is 1.03 bits per heavy atom. The molecule has 1 saturated carbocycles. The molecule has 1 saturated heterocycles. The summed E-state index contributed by atoms with van der Waals surface area (Å²) in [6.07, 6.45) is -2.77. The molecule has 2 amide bonds. The number of hydrogen-bond acceptors (Lipinski definition) is 2. The minimum Gasteiger partial charge on any atom is -0.390 e. The van der Waals surface area contributed by atoms with Crippen LogP contribution in [0.4, 0.5) is 23.7 Å². The van der Waals surface area contributed by atoms with E-state index in [9.17, 15) is 23.1 Å². The quantitative estimate of drug-likeness (QED) is 0.789. The third-order valence-corrected chi connectivity index (χ3v) is 6.00. The molecule has 0 radical (unpaired) electrons. The highest BCUT2D eigenvalue weighted by atomic mass is 19.4. The Hall–Kier alpha value is -2.54. The van der Waals surface area contributed by atoms with Crippen LogP contribution in [0.1, 0.15) is 24.0 Å². The molecular formula is C22H23F3N2O2. The number of carbonyl (C=O) groups excluding carboxylic acids is 1. The van der Waals surface area contributed by atoms with Crippen molar-refractivity contribution in [2.24, 2.45) is 11.8 Å². The number of alkyl halides is 3. The van der Waals surface area contributed by atoms with Crippen molar-refractivity contribution in [3.63, 3.8) is 0 Å². The molecule has 2 atom stereocenters. The first-order chi connectivity index (χ1) is 13.7. The van der Waals surface area contributed by atoms with Gasteiger partial charge in [0.15, 0.2) is 0 Å². The van der Waals surface area contributed by atoms with Crippen LogP contribution in [0, 0.1) is 11.8 Å². The number of halogens is 3. The molecule has 1 aliphatic heterocycles. The summed E-state index contributed by atoms with van der Waals surface area (Å²) in [6, 6.07) is 14.3. The van der Waals surface area contributed by atoms with Crippen LogP contribution in [-0.4, -0.2) is 34.7 Å². The van der Waals surface area contributed by atoms with Crippen LogP contribution < -0.4 is 5.32 Å². The molecule has 0 aromatic heterocycles. The van der Waals surface area contributed by atoms with Gasteiger partial charge in [-0.3, -0.25) is 0 Å². The molecule has 2 aromatic rings. The second-order valence-electron chi connectivity index (χ2n) is 8.19. The first-order valence-corrected chi connectivity index (χ1v) is 9.72. The number of rotatable bonds is 3. The van der Waals surface area contributed by atoms with Crippen LogP contribution in [0.15, 0.2) is 54.6 Å². The number of fused-ring (bicyclic) bond motifs is 1. The van der Waals surface area contributed by atoms with Crippen molar-refractivity contribution in [3.05, 3.63) is 65.7 Å². The molecule has 7 heteroatoms. The molecule has 2 N–H and O–H groups in total. The number of aliphatic hydroxyl groups is 1. The van der Waals surface area contributed by atoms with Crippen molar-refractivity contribution >= 4 is 11.7 Å². The van der Waals surface area contributed by atoms with Gasteiger partial charge < -0.3 is 15.3 Å². The summed E-state index contributed by atoms with van der Waals surface area (Å²) in [7, 11) is 0. The lowest BCUT2D eigenvalue weighted by molar-refractivity contribution is -0.136. The average molecular weight is 404 g/mol. The fourth-order valence-corrected chi connectivity index (χ4v) is 4.78. The van der Waals surface area contributed by atoms with E-state index >= 15 is 0 Å². The van der Waals surface area contributed by atoms with E-state index in [1.165, 1.54) is 18.2 Å². The second-order valence-corrected chi connectivity index (χ2v) is 8.19. The number of hydrogen-bond donors (Lipinski definition) is 2. The number of benzene rings is 2. The fourth-order valence-electron chi connectivity index (χ4n) is 4.78. The van der Waals surface area contributed by atoms with E-state index in [1.54, 1.807) is 4.90 Å². The molecule has 2 aromatic carbocycles. The number of anilines is 1. The number of amides is 2. The third kappa shape index (κ3) is 4.24. The molecule has 29 heavy (non-hydrogen) atoms. The lowest BCUT2D eigenvalue weighted by Crippen LogP contribution is -2.37. The summed E-state index contributed by atoms with van der Waals surface area (Å²) < 4.78 is 39.4. The van der Waals surface area contributed by atoms with Gasteiger partial charge in [0.2, 0.25) is 0 Å². The standard InChI is InChI=1S/C22H23F3N2O2/c23-22(24,25)18-8-4-5-9-19(18)26-20(28)27-13-16-11-21(29,12-17(16)14-27)10-15-6-2-1-3-7-15/h1-9,16-17,29H,10-14H2,(H,26,28). The zero-order chi connectivity index (χ0) is 20.6. The molecule has 0 bridgehead atoms. The van der Waals surface area contributed by atoms with Crippen molar-refractivity contribution in [1.29, 1.82) is 0 Å². The molecule has 4 rings (SSSR count). The van der Waals surface area contributed by atoms with Gasteiger partial charge in [-0.05, 0) is 42.4 Å². The Morgan fingerprint density at radius 3 is 2.24 bits per heavy atom. The van der Waals surface area contributed by atoms with Crippen molar-refractivity contribution in [1.82, 2.24) is 4.90 Å².